The van der Waals surface area contributed by atoms with Gasteiger partial charge in [-0.2, -0.15) is 0 Å². The van der Waals surface area contributed by atoms with Gasteiger partial charge in [-0.15, -0.1) is 0 Å². The fourth-order valence-electron chi connectivity index (χ4n) is 3.18. The molecule has 0 aliphatic heterocycles. The maximum atomic E-state index is 5.20. The van der Waals surface area contributed by atoms with Gasteiger partial charge in [-0.3, -0.25) is 0 Å². The number of allylic oxidation sites excluding steroid dienone is 1. The molecular formula is C23H46O. The van der Waals surface area contributed by atoms with Crippen molar-refractivity contribution >= 4 is 0 Å². The van der Waals surface area contributed by atoms with E-state index in [1.165, 1.54) is 109 Å². The van der Waals surface area contributed by atoms with Gasteiger partial charge in [-0.1, -0.05) is 115 Å². The van der Waals surface area contributed by atoms with Crippen LogP contribution in [0.2, 0.25) is 0 Å². The molecule has 0 rings (SSSR count). The summed E-state index contributed by atoms with van der Waals surface area (Å²) in [7, 11) is 1.77. The summed E-state index contributed by atoms with van der Waals surface area (Å²) in [5, 5.41) is 0. The molecule has 0 bridgehead atoms. The fourth-order valence-corrected chi connectivity index (χ4v) is 3.18. The molecule has 0 saturated heterocycles. The molecule has 0 aliphatic rings. The molecule has 0 aromatic rings. The van der Waals surface area contributed by atoms with E-state index in [9.17, 15) is 0 Å². The first-order valence-electron chi connectivity index (χ1n) is 11.0. The number of ether oxygens (including phenoxy) is 1. The number of unbranched alkanes of at least 4 members (excludes halogenated alkanes) is 16. The molecule has 0 fully saturated rings. The molecule has 1 nitrogen and oxygen atoms in total. The van der Waals surface area contributed by atoms with Gasteiger partial charge in [0.05, 0.1) is 6.10 Å². The van der Waals surface area contributed by atoms with Crippen molar-refractivity contribution in [3.63, 3.8) is 0 Å². The molecule has 0 spiro atoms. The highest BCUT2D eigenvalue weighted by Crippen LogP contribution is 2.14. The number of rotatable bonds is 19. The third-order valence-electron chi connectivity index (χ3n) is 5.00. The quantitative estimate of drug-likeness (QED) is 0.170. The summed E-state index contributed by atoms with van der Waals surface area (Å²) >= 11 is 0. The Hall–Kier alpha value is -0.300. The highest BCUT2D eigenvalue weighted by molar-refractivity contribution is 4.86. The average Bonchev–Trinajstić information content (AvgIpc) is 2.60. The van der Waals surface area contributed by atoms with Gasteiger partial charge in [0.1, 0.15) is 0 Å². The van der Waals surface area contributed by atoms with Crippen LogP contribution in [-0.2, 0) is 4.74 Å². The summed E-state index contributed by atoms with van der Waals surface area (Å²) in [5.74, 6) is 0. The maximum absolute atomic E-state index is 5.20. The van der Waals surface area contributed by atoms with Gasteiger partial charge in [0, 0.05) is 7.11 Å². The minimum atomic E-state index is 0.269. The zero-order valence-electron chi connectivity index (χ0n) is 17.2. The van der Waals surface area contributed by atoms with Crippen LogP contribution in [-0.4, -0.2) is 13.2 Å². The lowest BCUT2D eigenvalue weighted by atomic mass is 10.0. The summed E-state index contributed by atoms with van der Waals surface area (Å²) in [6, 6.07) is 0. The van der Waals surface area contributed by atoms with Crippen LogP contribution in [0, 0.1) is 0 Å². The van der Waals surface area contributed by atoms with E-state index in [0.29, 0.717) is 0 Å². The van der Waals surface area contributed by atoms with E-state index < -0.39 is 0 Å². The first-order chi connectivity index (χ1) is 11.8. The van der Waals surface area contributed by atoms with Crippen molar-refractivity contribution in [3.05, 3.63) is 12.2 Å². The zero-order valence-corrected chi connectivity index (χ0v) is 17.2. The molecule has 1 atom stereocenters. The van der Waals surface area contributed by atoms with E-state index in [0.717, 1.165) is 0 Å². The second kappa shape index (κ2) is 20.7. The summed E-state index contributed by atoms with van der Waals surface area (Å²) in [4.78, 5) is 0. The molecule has 0 aliphatic carbocycles. The van der Waals surface area contributed by atoms with Gasteiger partial charge < -0.3 is 4.74 Å². The average molecular weight is 339 g/mol. The Morgan fingerprint density at radius 3 is 1.38 bits per heavy atom. The van der Waals surface area contributed by atoms with E-state index in [1.54, 1.807) is 7.11 Å². The van der Waals surface area contributed by atoms with Crippen LogP contribution in [0.25, 0.3) is 0 Å². The van der Waals surface area contributed by atoms with Crippen LogP contribution < -0.4 is 0 Å². The minimum Gasteiger partial charge on any atom is -0.378 e. The predicted octanol–water partition coefficient (Wildman–Crippen LogP) is 8.23. The van der Waals surface area contributed by atoms with Gasteiger partial charge in [-0.25, -0.2) is 0 Å². The van der Waals surface area contributed by atoms with E-state index in [1.807, 2.05) is 0 Å². The van der Waals surface area contributed by atoms with Crippen molar-refractivity contribution in [3.8, 4) is 0 Å². The highest BCUT2D eigenvalue weighted by Gasteiger charge is 1.94. The smallest absolute Gasteiger partial charge is 0.0723 e. The van der Waals surface area contributed by atoms with Crippen LogP contribution in [0.5, 0.6) is 0 Å². The predicted molar refractivity (Wildman–Crippen MR) is 110 cm³/mol. The van der Waals surface area contributed by atoms with Crippen molar-refractivity contribution in [1.82, 2.24) is 0 Å². The topological polar surface area (TPSA) is 9.23 Å². The highest BCUT2D eigenvalue weighted by atomic mass is 16.5. The lowest BCUT2D eigenvalue weighted by Crippen LogP contribution is -1.98. The molecule has 0 heterocycles. The molecule has 0 radical (unpaired) electrons. The normalized spacial score (nSPS) is 13.0. The van der Waals surface area contributed by atoms with Gasteiger partial charge >= 0.3 is 0 Å². The van der Waals surface area contributed by atoms with E-state index in [-0.39, 0.29) is 6.10 Å². The molecule has 1 unspecified atom stereocenters. The molecule has 0 N–H and O–H groups in total. The molecule has 24 heavy (non-hydrogen) atoms. The Morgan fingerprint density at radius 2 is 1.00 bits per heavy atom. The van der Waals surface area contributed by atoms with Crippen LogP contribution in [0.4, 0.5) is 0 Å². The van der Waals surface area contributed by atoms with Gasteiger partial charge in [0.2, 0.25) is 0 Å². The Kier molecular flexibility index (Phi) is 20.5. The van der Waals surface area contributed by atoms with Crippen molar-refractivity contribution in [1.29, 1.82) is 0 Å². The number of methoxy groups -OCH3 is 1. The zero-order chi connectivity index (χ0) is 17.7. The molecule has 0 amide bonds. The van der Waals surface area contributed by atoms with E-state index >= 15 is 0 Å². The Labute approximate surface area is 153 Å². The standard InChI is InChI=1S/C23H46O/c1-4-5-6-7-8-9-10-11-12-13-14-15-16-17-18-19-20-21-22-23(2)24-3/h21-23H,4-20H2,1-3H3. The lowest BCUT2D eigenvalue weighted by Gasteiger charge is -2.03. The molecular weight excluding hydrogens is 292 g/mol. The van der Waals surface area contributed by atoms with Crippen LogP contribution in [0.3, 0.4) is 0 Å². The largest absolute Gasteiger partial charge is 0.378 e. The molecule has 0 aromatic carbocycles. The van der Waals surface area contributed by atoms with Crippen molar-refractivity contribution in [2.45, 2.75) is 129 Å². The minimum absolute atomic E-state index is 0.269. The molecule has 1 heteroatoms. The summed E-state index contributed by atoms with van der Waals surface area (Å²) < 4.78 is 5.20. The summed E-state index contributed by atoms with van der Waals surface area (Å²) in [5.41, 5.74) is 0. The SMILES string of the molecule is CCCCCCCCCCCCCCCCCCC=CC(C)OC. The number of hydrogen-bond acceptors (Lipinski definition) is 1. The van der Waals surface area contributed by atoms with Crippen LogP contribution in [0.15, 0.2) is 12.2 Å². The Balaban J connectivity index is 3.04. The van der Waals surface area contributed by atoms with Crippen molar-refractivity contribution < 1.29 is 4.74 Å². The van der Waals surface area contributed by atoms with Gasteiger partial charge in [-0.05, 0) is 19.8 Å². The van der Waals surface area contributed by atoms with Crippen LogP contribution in [0.1, 0.15) is 123 Å². The Bertz CT molecular complexity index is 246. The van der Waals surface area contributed by atoms with Gasteiger partial charge in [0.25, 0.3) is 0 Å². The lowest BCUT2D eigenvalue weighted by molar-refractivity contribution is 0.156. The molecule has 144 valence electrons. The van der Waals surface area contributed by atoms with Crippen molar-refractivity contribution in [2.24, 2.45) is 0 Å². The van der Waals surface area contributed by atoms with Crippen LogP contribution >= 0.6 is 0 Å². The second-order valence-corrected chi connectivity index (χ2v) is 7.46. The monoisotopic (exact) mass is 338 g/mol. The van der Waals surface area contributed by atoms with Gasteiger partial charge in [0.15, 0.2) is 0 Å². The van der Waals surface area contributed by atoms with Crippen molar-refractivity contribution in [2.75, 3.05) is 7.11 Å². The second-order valence-electron chi connectivity index (χ2n) is 7.46. The summed E-state index contributed by atoms with van der Waals surface area (Å²) in [6.45, 7) is 4.38. The number of hydrogen-bond donors (Lipinski definition) is 0. The third kappa shape index (κ3) is 19.7. The van der Waals surface area contributed by atoms with E-state index in [4.69, 9.17) is 4.74 Å². The first-order valence-corrected chi connectivity index (χ1v) is 11.0. The summed E-state index contributed by atoms with van der Waals surface area (Å²) in [6.07, 6.45) is 29.0. The Morgan fingerprint density at radius 1 is 0.625 bits per heavy atom. The first kappa shape index (κ1) is 23.7. The van der Waals surface area contributed by atoms with E-state index in [2.05, 4.69) is 26.0 Å². The third-order valence-corrected chi connectivity index (χ3v) is 5.00. The molecule has 0 aromatic heterocycles. The maximum Gasteiger partial charge on any atom is 0.0723 e. The molecule has 0 saturated carbocycles. The fraction of sp³-hybridized carbons (Fsp3) is 0.913.